The molecule has 263 valence electrons. The van der Waals surface area contributed by atoms with E-state index in [0.29, 0.717) is 0 Å². The van der Waals surface area contributed by atoms with Gasteiger partial charge in [0.2, 0.25) is 0 Å². The zero-order valence-corrected chi connectivity index (χ0v) is 27.1. The molecule has 0 N–H and O–H groups in total. The molecule has 0 heterocycles. The summed E-state index contributed by atoms with van der Waals surface area (Å²) in [5, 5.41) is 0. The molecule has 3 aromatic rings. The second-order valence-electron chi connectivity index (χ2n) is 9.41. The number of methoxy groups -OCH3 is 3. The maximum atomic E-state index is 14.8. The summed E-state index contributed by atoms with van der Waals surface area (Å²) in [5.41, 5.74) is -8.09. The molecule has 0 aliphatic carbocycles. The van der Waals surface area contributed by atoms with E-state index < -0.39 is 149 Å². The van der Waals surface area contributed by atoms with Gasteiger partial charge in [-0.2, -0.15) is 0 Å². The molecular weight excluding hydrogens is 768 g/mol. The van der Waals surface area contributed by atoms with Gasteiger partial charge < -0.3 is 0 Å². The van der Waals surface area contributed by atoms with Crippen molar-refractivity contribution in [1.29, 1.82) is 0 Å². The van der Waals surface area contributed by atoms with Crippen molar-refractivity contribution in [2.24, 2.45) is 0 Å². The first kappa shape index (κ1) is 39.9. The molecule has 0 aliphatic heterocycles. The van der Waals surface area contributed by atoms with Crippen LogP contribution in [0.2, 0.25) is 0 Å². The van der Waals surface area contributed by atoms with Gasteiger partial charge in [-0.15, -0.1) is 0 Å². The number of rotatable bonds is 16. The zero-order chi connectivity index (χ0) is 36.1. The normalized spacial score (nSPS) is 12.0. The van der Waals surface area contributed by atoms with Crippen LogP contribution in [-0.4, -0.2) is 27.5 Å². The number of hydrogen-bond donors (Lipinski definition) is 0. The van der Waals surface area contributed by atoms with Crippen molar-refractivity contribution in [3.8, 4) is 0 Å². The summed E-state index contributed by atoms with van der Waals surface area (Å²) in [4.78, 5) is 0. The second kappa shape index (κ2) is 16.9. The summed E-state index contributed by atoms with van der Waals surface area (Å²) in [6, 6.07) is 0. The maximum absolute atomic E-state index is 14.8. The van der Waals surface area contributed by atoms with Crippen LogP contribution in [-0.2, 0) is 96.0 Å². The fraction of sp³-hybridized carbons (Fsp3) is 0.357. The first-order valence-corrected chi connectivity index (χ1v) is 13.9. The van der Waals surface area contributed by atoms with Gasteiger partial charge >= 0.3 is 279 Å². The van der Waals surface area contributed by atoms with Crippen LogP contribution in [0, 0.1) is 69.8 Å². The van der Waals surface area contributed by atoms with Crippen LogP contribution >= 0.6 is 0 Å². The van der Waals surface area contributed by atoms with E-state index in [2.05, 4.69) is 14.2 Å². The molecule has 0 unspecified atom stereocenters. The third kappa shape index (κ3) is 7.91. The van der Waals surface area contributed by atoms with Gasteiger partial charge in [-0.05, 0) is 0 Å². The van der Waals surface area contributed by atoms with Gasteiger partial charge in [-0.3, -0.25) is 0 Å². The minimum atomic E-state index is -3.47. The van der Waals surface area contributed by atoms with Gasteiger partial charge in [-0.25, -0.2) is 0 Å². The molecule has 0 spiro atoms. The SMILES string of the molecule is COCc1c(F)c(F)c(COC([O][Zr])(OCc2c(F)c(F)c(COC)c(F)c2F)OCc2c(F)c(F)c(COC)c(F)c2F)c(F)c1F. The van der Waals surface area contributed by atoms with Crippen molar-refractivity contribution in [2.75, 3.05) is 21.3 Å². The summed E-state index contributed by atoms with van der Waals surface area (Å²) in [5.74, 6) is -24.0. The minimum absolute atomic E-state index is 0.239. The molecule has 0 saturated carbocycles. The average molecular weight is 789 g/mol. The van der Waals surface area contributed by atoms with Gasteiger partial charge in [0, 0.05) is 0 Å². The third-order valence-corrected chi connectivity index (χ3v) is 7.12. The topological polar surface area (TPSA) is 64.6 Å². The molecule has 3 aromatic carbocycles. The van der Waals surface area contributed by atoms with Crippen LogP contribution < -0.4 is 0 Å². The molecule has 0 fully saturated rings. The molecule has 0 saturated heterocycles. The standard InChI is InChI=1S/C28H21F12O7.Zr/c1-42-4-10-16(29)22(35)13(23(36)17(10)30)7-45-28(41,46-8-14-24(37)18(31)11(5-43-2)19(32)25(14)38)47-9-15-26(39)20(33)12(6-44-3)21(34)27(15)40;/h4-9H2,1-3H3;/q-1;+1. The number of ether oxygens (including phenoxy) is 6. The van der Waals surface area contributed by atoms with Gasteiger partial charge in [-0.1, -0.05) is 0 Å². The van der Waals surface area contributed by atoms with Crippen molar-refractivity contribution in [1.82, 2.24) is 0 Å². The van der Waals surface area contributed by atoms with E-state index >= 15 is 0 Å². The Balaban J connectivity index is 2.09. The summed E-state index contributed by atoms with van der Waals surface area (Å²) in [7, 11) is 2.87. The molecule has 0 aromatic heterocycles. The Labute approximate surface area is 279 Å². The molecule has 0 aliphatic rings. The molecule has 0 radical (unpaired) electrons. The molecule has 0 amide bonds. The fourth-order valence-electron chi connectivity index (χ4n) is 4.06. The zero-order valence-electron chi connectivity index (χ0n) is 24.6. The van der Waals surface area contributed by atoms with Crippen LogP contribution in [0.4, 0.5) is 52.7 Å². The van der Waals surface area contributed by atoms with Gasteiger partial charge in [0.1, 0.15) is 0 Å². The van der Waals surface area contributed by atoms with Crippen LogP contribution in [0.25, 0.3) is 0 Å². The summed E-state index contributed by atoms with van der Waals surface area (Å²) in [6.45, 7) is -7.71. The van der Waals surface area contributed by atoms with E-state index in [0.717, 1.165) is 21.3 Å². The molecule has 3 rings (SSSR count). The predicted molar refractivity (Wildman–Crippen MR) is 129 cm³/mol. The number of benzene rings is 3. The van der Waals surface area contributed by atoms with E-state index in [1.165, 1.54) is 0 Å². The third-order valence-electron chi connectivity index (χ3n) is 6.51. The van der Waals surface area contributed by atoms with E-state index in [9.17, 15) is 52.7 Å². The molecular formula is C28H21F12O7Zr. The van der Waals surface area contributed by atoms with Crippen molar-refractivity contribution in [3.05, 3.63) is 103 Å². The van der Waals surface area contributed by atoms with Crippen molar-refractivity contribution >= 4 is 0 Å². The van der Waals surface area contributed by atoms with Gasteiger partial charge in [0.15, 0.2) is 0 Å². The quantitative estimate of drug-likeness (QED) is 0.0896. The second-order valence-corrected chi connectivity index (χ2v) is 9.91. The Morgan fingerprint density at radius 3 is 0.667 bits per heavy atom. The monoisotopic (exact) mass is 787 g/mol. The predicted octanol–water partition coefficient (Wildman–Crippen LogP) is 6.83. The average Bonchev–Trinajstić information content (AvgIpc) is 3.07. The number of hydrogen-bond acceptors (Lipinski definition) is 7. The first-order valence-electron chi connectivity index (χ1n) is 12.9. The molecule has 48 heavy (non-hydrogen) atoms. The van der Waals surface area contributed by atoms with Crippen molar-refractivity contribution in [3.63, 3.8) is 0 Å². The molecule has 20 heteroatoms. The van der Waals surface area contributed by atoms with Gasteiger partial charge in [0.05, 0.1) is 0 Å². The Kier molecular flexibility index (Phi) is 14.0. The summed E-state index contributed by atoms with van der Waals surface area (Å²) in [6.07, 6.45) is -3.47. The molecule has 0 bridgehead atoms. The van der Waals surface area contributed by atoms with Crippen molar-refractivity contribution < 1.29 is 109 Å². The van der Waals surface area contributed by atoms with Crippen LogP contribution in [0.15, 0.2) is 0 Å². The van der Waals surface area contributed by atoms with Crippen molar-refractivity contribution in [2.45, 2.75) is 45.8 Å². The van der Waals surface area contributed by atoms with Crippen LogP contribution in [0.5, 0.6) is 0 Å². The summed E-state index contributed by atoms with van der Waals surface area (Å²) >= 11 is -0.239. The molecule has 0 atom stereocenters. The Hall–Kier alpha value is -2.58. The fourth-order valence-corrected chi connectivity index (χ4v) is 4.49. The Bertz CT molecular complexity index is 1390. The van der Waals surface area contributed by atoms with E-state index in [1.54, 1.807) is 0 Å². The van der Waals surface area contributed by atoms with Crippen LogP contribution in [0.3, 0.4) is 0 Å². The first-order chi connectivity index (χ1) is 22.6. The summed E-state index contributed by atoms with van der Waals surface area (Å²) < 4.78 is 209. The number of halogens is 12. The Morgan fingerprint density at radius 1 is 0.354 bits per heavy atom. The van der Waals surface area contributed by atoms with Crippen LogP contribution in [0.1, 0.15) is 33.4 Å². The van der Waals surface area contributed by atoms with E-state index in [1.807, 2.05) is 0 Å². The van der Waals surface area contributed by atoms with Gasteiger partial charge in [0.25, 0.3) is 0 Å². The van der Waals surface area contributed by atoms with E-state index in [-0.39, 0.29) is 25.2 Å². The molecule has 7 nitrogen and oxygen atoms in total. The Morgan fingerprint density at radius 2 is 0.521 bits per heavy atom. The van der Waals surface area contributed by atoms with E-state index in [4.69, 9.17) is 17.0 Å².